The lowest BCUT2D eigenvalue weighted by Crippen LogP contribution is -2.51. The highest BCUT2D eigenvalue weighted by Gasteiger charge is 2.29. The number of nitrogens with one attached hydrogen (secondary N) is 2. The van der Waals surface area contributed by atoms with E-state index in [1.165, 1.54) is 0 Å². The van der Waals surface area contributed by atoms with Crippen molar-refractivity contribution in [2.75, 3.05) is 33.9 Å². The van der Waals surface area contributed by atoms with Crippen molar-refractivity contribution in [3.63, 3.8) is 0 Å². The second kappa shape index (κ2) is 11.7. The molecule has 1 saturated heterocycles. The summed E-state index contributed by atoms with van der Waals surface area (Å²) in [5.74, 6) is 0.952. The van der Waals surface area contributed by atoms with Crippen molar-refractivity contribution >= 4 is 11.8 Å². The first kappa shape index (κ1) is 24.6. The van der Waals surface area contributed by atoms with Gasteiger partial charge in [-0.2, -0.15) is 0 Å². The monoisotopic (exact) mass is 453 g/mol. The molecule has 2 aromatic rings. The molecule has 7 nitrogen and oxygen atoms in total. The Morgan fingerprint density at radius 2 is 1.64 bits per heavy atom. The summed E-state index contributed by atoms with van der Waals surface area (Å²) in [6.07, 6.45) is 2.29. The summed E-state index contributed by atoms with van der Waals surface area (Å²) < 4.78 is 10.7. The molecule has 0 bridgehead atoms. The van der Waals surface area contributed by atoms with Gasteiger partial charge >= 0.3 is 0 Å². The van der Waals surface area contributed by atoms with Crippen LogP contribution in [-0.2, 0) is 4.79 Å². The lowest BCUT2D eigenvalue weighted by molar-refractivity contribution is -0.124. The average Bonchev–Trinajstić information content (AvgIpc) is 3.37. The van der Waals surface area contributed by atoms with Crippen LogP contribution >= 0.6 is 0 Å². The van der Waals surface area contributed by atoms with Crippen molar-refractivity contribution in [1.29, 1.82) is 0 Å². The summed E-state index contributed by atoms with van der Waals surface area (Å²) >= 11 is 0. The molecular weight excluding hydrogens is 418 g/mol. The van der Waals surface area contributed by atoms with Crippen molar-refractivity contribution < 1.29 is 19.1 Å². The van der Waals surface area contributed by atoms with E-state index in [1.807, 2.05) is 32.0 Å². The molecule has 2 N–H and O–H groups in total. The molecule has 1 heterocycles. The van der Waals surface area contributed by atoms with Gasteiger partial charge in [-0.1, -0.05) is 32.0 Å². The van der Waals surface area contributed by atoms with E-state index in [2.05, 4.69) is 21.6 Å². The van der Waals surface area contributed by atoms with Crippen LogP contribution < -0.4 is 20.1 Å². The second-order valence-electron chi connectivity index (χ2n) is 8.67. The molecule has 33 heavy (non-hydrogen) atoms. The molecule has 0 saturated carbocycles. The number of rotatable bonds is 10. The van der Waals surface area contributed by atoms with Crippen LogP contribution in [0.1, 0.15) is 48.7 Å². The number of carbonyl (C=O) groups is 2. The maximum atomic E-state index is 13.2. The predicted molar refractivity (Wildman–Crippen MR) is 129 cm³/mol. The third-order valence-electron chi connectivity index (χ3n) is 6.14. The van der Waals surface area contributed by atoms with Gasteiger partial charge in [0, 0.05) is 17.7 Å². The van der Waals surface area contributed by atoms with E-state index in [-0.39, 0.29) is 23.8 Å². The Labute approximate surface area is 196 Å². The molecule has 2 atom stereocenters. The quantitative estimate of drug-likeness (QED) is 0.576. The predicted octanol–water partition coefficient (Wildman–Crippen LogP) is 3.41. The summed E-state index contributed by atoms with van der Waals surface area (Å²) in [6, 6.07) is 14.2. The molecule has 178 valence electrons. The van der Waals surface area contributed by atoms with Gasteiger partial charge in [-0.3, -0.25) is 14.5 Å². The van der Waals surface area contributed by atoms with Gasteiger partial charge in [-0.15, -0.1) is 0 Å². The van der Waals surface area contributed by atoms with Crippen LogP contribution in [0.3, 0.4) is 0 Å². The molecule has 2 amide bonds. The number of hydrogen-bond donors (Lipinski definition) is 2. The van der Waals surface area contributed by atoms with Crippen LogP contribution in [-0.4, -0.2) is 56.6 Å². The van der Waals surface area contributed by atoms with Crippen molar-refractivity contribution in [1.82, 2.24) is 15.5 Å². The number of carbonyl (C=O) groups excluding carboxylic acids is 2. The fourth-order valence-corrected chi connectivity index (χ4v) is 4.24. The van der Waals surface area contributed by atoms with Crippen LogP contribution in [0, 0.1) is 5.92 Å². The normalized spacial score (nSPS) is 15.7. The highest BCUT2D eigenvalue weighted by Crippen LogP contribution is 2.31. The van der Waals surface area contributed by atoms with Gasteiger partial charge in [0.25, 0.3) is 5.91 Å². The second-order valence-corrected chi connectivity index (χ2v) is 8.67. The number of amides is 2. The summed E-state index contributed by atoms with van der Waals surface area (Å²) in [4.78, 5) is 28.3. The van der Waals surface area contributed by atoms with E-state index < -0.39 is 6.04 Å². The topological polar surface area (TPSA) is 79.9 Å². The molecule has 0 radical (unpaired) electrons. The van der Waals surface area contributed by atoms with E-state index in [0.29, 0.717) is 17.9 Å². The smallest absolute Gasteiger partial charge is 0.251 e. The van der Waals surface area contributed by atoms with Crippen molar-refractivity contribution in [3.05, 3.63) is 59.7 Å². The first-order valence-corrected chi connectivity index (χ1v) is 11.5. The van der Waals surface area contributed by atoms with Crippen molar-refractivity contribution in [2.45, 2.75) is 38.8 Å². The number of nitrogens with zero attached hydrogens (tertiary/aromatic N) is 1. The number of ether oxygens (including phenoxy) is 2. The third kappa shape index (κ3) is 6.26. The highest BCUT2D eigenvalue weighted by molar-refractivity contribution is 5.97. The van der Waals surface area contributed by atoms with Gasteiger partial charge in [0.05, 0.1) is 20.3 Å². The Hall–Kier alpha value is -3.06. The van der Waals surface area contributed by atoms with E-state index in [0.717, 1.165) is 37.2 Å². The van der Waals surface area contributed by atoms with Gasteiger partial charge in [-0.25, -0.2) is 0 Å². The van der Waals surface area contributed by atoms with Gasteiger partial charge in [0.2, 0.25) is 5.91 Å². The number of para-hydroxylation sites is 1. The summed E-state index contributed by atoms with van der Waals surface area (Å²) in [5, 5.41) is 5.99. The third-order valence-corrected chi connectivity index (χ3v) is 6.14. The molecule has 0 aromatic heterocycles. The minimum atomic E-state index is -0.642. The van der Waals surface area contributed by atoms with Crippen LogP contribution in [0.4, 0.5) is 0 Å². The molecule has 1 aliphatic heterocycles. The summed E-state index contributed by atoms with van der Waals surface area (Å²) in [5.41, 5.74) is 1.55. The minimum Gasteiger partial charge on any atom is -0.497 e. The van der Waals surface area contributed by atoms with Gasteiger partial charge in [0.15, 0.2) is 0 Å². The van der Waals surface area contributed by atoms with Crippen LogP contribution in [0.5, 0.6) is 11.5 Å². The van der Waals surface area contributed by atoms with Gasteiger partial charge in [0.1, 0.15) is 17.5 Å². The zero-order chi connectivity index (χ0) is 23.8. The Morgan fingerprint density at radius 3 is 2.24 bits per heavy atom. The molecule has 2 aromatic carbocycles. The molecule has 1 aliphatic rings. The lowest BCUT2D eigenvalue weighted by Gasteiger charge is -2.30. The zero-order valence-electron chi connectivity index (χ0n) is 20.0. The van der Waals surface area contributed by atoms with Crippen LogP contribution in [0.2, 0.25) is 0 Å². The Balaban J connectivity index is 1.70. The van der Waals surface area contributed by atoms with Crippen LogP contribution in [0.25, 0.3) is 0 Å². The molecule has 2 unspecified atom stereocenters. The Bertz CT molecular complexity index is 923. The first-order valence-electron chi connectivity index (χ1n) is 11.5. The van der Waals surface area contributed by atoms with Crippen molar-refractivity contribution in [2.24, 2.45) is 5.92 Å². The van der Waals surface area contributed by atoms with E-state index in [1.54, 1.807) is 38.5 Å². The van der Waals surface area contributed by atoms with E-state index in [9.17, 15) is 9.59 Å². The van der Waals surface area contributed by atoms with Gasteiger partial charge < -0.3 is 20.1 Å². The number of methoxy groups -OCH3 is 2. The first-order chi connectivity index (χ1) is 15.9. The largest absolute Gasteiger partial charge is 0.497 e. The molecular formula is C26H35N3O4. The summed E-state index contributed by atoms with van der Waals surface area (Å²) in [6.45, 7) is 6.27. The number of hydrogen-bond acceptors (Lipinski definition) is 5. The maximum Gasteiger partial charge on any atom is 0.251 e. The highest BCUT2D eigenvalue weighted by atomic mass is 16.5. The van der Waals surface area contributed by atoms with E-state index >= 15 is 0 Å². The average molecular weight is 454 g/mol. The molecule has 3 rings (SSSR count). The molecule has 1 fully saturated rings. The summed E-state index contributed by atoms with van der Waals surface area (Å²) in [7, 11) is 3.25. The van der Waals surface area contributed by atoms with Crippen molar-refractivity contribution in [3.8, 4) is 11.5 Å². The molecule has 7 heteroatoms. The Kier molecular flexibility index (Phi) is 8.72. The number of likely N-dealkylation sites (tertiary alicyclic amines) is 1. The Morgan fingerprint density at radius 1 is 0.970 bits per heavy atom. The minimum absolute atomic E-state index is 0.0118. The lowest BCUT2D eigenvalue weighted by atomic mass is 10.0. The number of benzene rings is 2. The molecule has 0 spiro atoms. The van der Waals surface area contributed by atoms with Gasteiger partial charge in [-0.05, 0) is 62.2 Å². The SMILES string of the molecule is COc1ccc(C(=O)NC(C(=O)NCC(c2ccccc2OC)N2CCCC2)C(C)C)cc1. The maximum absolute atomic E-state index is 13.2. The van der Waals surface area contributed by atoms with E-state index in [4.69, 9.17) is 9.47 Å². The molecule has 0 aliphatic carbocycles. The fourth-order valence-electron chi connectivity index (χ4n) is 4.24. The zero-order valence-corrected chi connectivity index (χ0v) is 20.0. The standard InChI is InChI=1S/C26H35N3O4/c1-18(2)24(28-25(30)19-11-13-20(32-3)14-12-19)26(31)27-17-22(29-15-7-8-16-29)21-9-5-6-10-23(21)33-4/h5-6,9-14,18,22,24H,7-8,15-17H2,1-4H3,(H,27,31)(H,28,30). The van der Waals surface area contributed by atoms with Crippen LogP contribution in [0.15, 0.2) is 48.5 Å². The fraction of sp³-hybridized carbons (Fsp3) is 0.462.